The number of nitrogens with one attached hydrogen (secondary N) is 1. The maximum Gasteiger partial charge on any atom is 0.166 e. The summed E-state index contributed by atoms with van der Waals surface area (Å²) in [4.78, 5) is 9.09. The van der Waals surface area contributed by atoms with Gasteiger partial charge in [0.1, 0.15) is 0 Å². The lowest BCUT2D eigenvalue weighted by molar-refractivity contribution is 0.836. The maximum atomic E-state index is 6.36. The molecule has 4 aromatic rings. The summed E-state index contributed by atoms with van der Waals surface area (Å²) in [5.74, 6) is 6.91. The lowest BCUT2D eigenvalue weighted by Gasteiger charge is -2.20. The van der Waals surface area contributed by atoms with E-state index in [2.05, 4.69) is 21.8 Å². The van der Waals surface area contributed by atoms with Crippen molar-refractivity contribution in [3.63, 3.8) is 0 Å². The SMILES string of the molecule is CSNc1cccc(-c2ccc(N)c(N(N)Cc3ccc4ncccc4c3)n2)c1. The van der Waals surface area contributed by atoms with E-state index < -0.39 is 0 Å². The number of nitrogen functional groups attached to an aromatic ring is 1. The van der Waals surface area contributed by atoms with Crippen molar-refractivity contribution in [2.75, 3.05) is 21.7 Å². The highest BCUT2D eigenvalue weighted by Gasteiger charge is 2.12. The zero-order valence-electron chi connectivity index (χ0n) is 16.0. The van der Waals surface area contributed by atoms with Crippen LogP contribution in [0.4, 0.5) is 17.2 Å². The number of anilines is 3. The van der Waals surface area contributed by atoms with Crippen molar-refractivity contribution >= 4 is 40.0 Å². The fourth-order valence-corrected chi connectivity index (χ4v) is 3.57. The summed E-state index contributed by atoms with van der Waals surface area (Å²) in [6, 6.07) is 21.9. The van der Waals surface area contributed by atoms with Crippen LogP contribution in [-0.4, -0.2) is 16.2 Å². The molecule has 146 valence electrons. The minimum Gasteiger partial charge on any atom is -0.396 e. The lowest BCUT2D eigenvalue weighted by atomic mass is 10.1. The highest BCUT2D eigenvalue weighted by atomic mass is 32.2. The molecule has 0 aliphatic carbocycles. The summed E-state index contributed by atoms with van der Waals surface area (Å²) < 4.78 is 3.24. The van der Waals surface area contributed by atoms with E-state index in [1.165, 1.54) is 0 Å². The fraction of sp³-hybridized carbons (Fsp3) is 0.0909. The third-order valence-electron chi connectivity index (χ3n) is 4.58. The number of pyridine rings is 2. The van der Waals surface area contributed by atoms with Gasteiger partial charge in [0, 0.05) is 29.1 Å². The van der Waals surface area contributed by atoms with Crippen molar-refractivity contribution in [1.82, 2.24) is 9.97 Å². The van der Waals surface area contributed by atoms with Gasteiger partial charge in [-0.1, -0.05) is 36.2 Å². The standard InChI is InChI=1S/C22H22N6S/c1-29-27-18-6-2-4-17(13-18)21-10-8-19(23)22(26-21)28(24)14-15-7-9-20-16(12-15)5-3-11-25-20/h2-13,27H,14,23-24H2,1H3. The molecular formula is C22H22N6S. The number of nitrogens with two attached hydrogens (primary N) is 2. The number of hydrogen-bond acceptors (Lipinski definition) is 7. The van der Waals surface area contributed by atoms with Crippen molar-refractivity contribution in [1.29, 1.82) is 0 Å². The summed E-state index contributed by atoms with van der Waals surface area (Å²) in [5, 5.41) is 2.66. The molecule has 2 aromatic heterocycles. The van der Waals surface area contributed by atoms with Gasteiger partial charge in [0.2, 0.25) is 0 Å². The summed E-state index contributed by atoms with van der Waals surface area (Å²) in [6.07, 6.45) is 3.78. The molecule has 0 radical (unpaired) electrons. The second kappa shape index (κ2) is 8.38. The average Bonchev–Trinajstić information content (AvgIpc) is 2.74. The van der Waals surface area contributed by atoms with E-state index in [0.717, 1.165) is 33.4 Å². The molecule has 0 aliphatic heterocycles. The Labute approximate surface area is 174 Å². The van der Waals surface area contributed by atoms with Gasteiger partial charge in [0.15, 0.2) is 5.82 Å². The number of fused-ring (bicyclic) bond motifs is 1. The van der Waals surface area contributed by atoms with Crippen LogP contribution in [0.15, 0.2) is 72.9 Å². The lowest BCUT2D eigenvalue weighted by Crippen LogP contribution is -2.31. The van der Waals surface area contributed by atoms with Crippen molar-refractivity contribution in [3.05, 3.63) is 78.5 Å². The summed E-state index contributed by atoms with van der Waals surface area (Å²) in [6.45, 7) is 0.486. The van der Waals surface area contributed by atoms with Crippen LogP contribution in [-0.2, 0) is 6.54 Å². The van der Waals surface area contributed by atoms with Crippen LogP contribution in [0, 0.1) is 0 Å². The number of hydrogen-bond donors (Lipinski definition) is 3. The van der Waals surface area contributed by atoms with Crippen molar-refractivity contribution in [2.24, 2.45) is 5.84 Å². The Bertz CT molecular complexity index is 1150. The van der Waals surface area contributed by atoms with E-state index in [1.807, 2.05) is 60.9 Å². The molecule has 7 heteroatoms. The molecule has 0 unspecified atom stereocenters. The largest absolute Gasteiger partial charge is 0.396 e. The molecular weight excluding hydrogens is 380 g/mol. The molecule has 2 heterocycles. The molecule has 0 spiro atoms. The Kier molecular flexibility index (Phi) is 5.50. The molecule has 5 N–H and O–H groups in total. The van der Waals surface area contributed by atoms with E-state index in [9.17, 15) is 0 Å². The monoisotopic (exact) mass is 402 g/mol. The Morgan fingerprint density at radius 3 is 2.79 bits per heavy atom. The van der Waals surface area contributed by atoms with Gasteiger partial charge in [0.05, 0.1) is 23.4 Å². The van der Waals surface area contributed by atoms with Gasteiger partial charge in [-0.3, -0.25) is 9.99 Å². The maximum absolute atomic E-state index is 6.36. The second-order valence-corrected chi connectivity index (χ2v) is 7.27. The molecule has 0 fully saturated rings. The van der Waals surface area contributed by atoms with Crippen molar-refractivity contribution in [3.8, 4) is 11.3 Å². The molecule has 0 atom stereocenters. The van der Waals surface area contributed by atoms with Crippen LogP contribution in [0.2, 0.25) is 0 Å². The van der Waals surface area contributed by atoms with E-state index >= 15 is 0 Å². The summed E-state index contributed by atoms with van der Waals surface area (Å²) >= 11 is 1.55. The normalized spacial score (nSPS) is 10.8. The predicted octanol–water partition coefficient (Wildman–Crippen LogP) is 4.45. The van der Waals surface area contributed by atoms with Crippen LogP contribution >= 0.6 is 11.9 Å². The van der Waals surface area contributed by atoms with Gasteiger partial charge in [-0.2, -0.15) is 0 Å². The first-order valence-electron chi connectivity index (χ1n) is 9.16. The number of hydrazine groups is 1. The van der Waals surface area contributed by atoms with Gasteiger partial charge in [-0.05, 0) is 48.0 Å². The van der Waals surface area contributed by atoms with Crippen LogP contribution in [0.25, 0.3) is 22.2 Å². The topological polar surface area (TPSA) is 93.1 Å². The first-order chi connectivity index (χ1) is 14.1. The van der Waals surface area contributed by atoms with E-state index in [1.54, 1.807) is 23.2 Å². The smallest absolute Gasteiger partial charge is 0.166 e. The molecule has 6 nitrogen and oxygen atoms in total. The average molecular weight is 403 g/mol. The zero-order valence-corrected chi connectivity index (χ0v) is 16.9. The fourth-order valence-electron chi connectivity index (χ4n) is 3.20. The molecule has 0 aliphatic rings. The molecule has 2 aromatic carbocycles. The summed E-state index contributed by atoms with van der Waals surface area (Å²) in [5.41, 5.74) is 11.6. The molecule has 0 bridgehead atoms. The molecule has 29 heavy (non-hydrogen) atoms. The van der Waals surface area contributed by atoms with E-state index in [0.29, 0.717) is 18.1 Å². The highest BCUT2D eigenvalue weighted by molar-refractivity contribution is 7.99. The van der Waals surface area contributed by atoms with Crippen LogP contribution in [0.3, 0.4) is 0 Å². The molecule has 0 saturated heterocycles. The predicted molar refractivity (Wildman–Crippen MR) is 123 cm³/mol. The third kappa shape index (κ3) is 4.26. The van der Waals surface area contributed by atoms with Gasteiger partial charge >= 0.3 is 0 Å². The Balaban J connectivity index is 1.61. The Hall–Kier alpha value is -3.29. The number of aromatic nitrogens is 2. The van der Waals surface area contributed by atoms with Gasteiger partial charge in [-0.25, -0.2) is 10.8 Å². The van der Waals surface area contributed by atoms with Gasteiger partial charge < -0.3 is 10.5 Å². The van der Waals surface area contributed by atoms with E-state index in [4.69, 9.17) is 16.6 Å². The molecule has 0 saturated carbocycles. The zero-order chi connectivity index (χ0) is 20.2. The highest BCUT2D eigenvalue weighted by Crippen LogP contribution is 2.28. The van der Waals surface area contributed by atoms with Gasteiger partial charge in [0.25, 0.3) is 0 Å². The Morgan fingerprint density at radius 1 is 1.03 bits per heavy atom. The summed E-state index contributed by atoms with van der Waals surface area (Å²) in [7, 11) is 0. The number of rotatable bonds is 6. The first-order valence-corrected chi connectivity index (χ1v) is 10.4. The van der Waals surface area contributed by atoms with Gasteiger partial charge in [-0.15, -0.1) is 0 Å². The first kappa shape index (κ1) is 19.0. The quantitative estimate of drug-likeness (QED) is 0.249. The van der Waals surface area contributed by atoms with Crippen molar-refractivity contribution < 1.29 is 0 Å². The third-order valence-corrected chi connectivity index (χ3v) is 5.02. The Morgan fingerprint density at radius 2 is 1.93 bits per heavy atom. The van der Waals surface area contributed by atoms with Crippen molar-refractivity contribution in [2.45, 2.75) is 6.54 Å². The number of nitrogens with zero attached hydrogens (tertiary/aromatic N) is 3. The van der Waals surface area contributed by atoms with Crippen LogP contribution < -0.4 is 21.3 Å². The number of benzene rings is 2. The minimum absolute atomic E-state index is 0.486. The van der Waals surface area contributed by atoms with E-state index in [-0.39, 0.29) is 0 Å². The van der Waals surface area contributed by atoms with Crippen LogP contribution in [0.5, 0.6) is 0 Å². The second-order valence-electron chi connectivity index (χ2n) is 6.65. The van der Waals surface area contributed by atoms with Crippen LogP contribution in [0.1, 0.15) is 5.56 Å². The molecule has 0 amide bonds. The minimum atomic E-state index is 0.486. The molecule has 4 rings (SSSR count).